The number of nitrogens with zero attached hydrogens (tertiary/aromatic N) is 1. The van der Waals surface area contributed by atoms with Crippen molar-refractivity contribution in [3.05, 3.63) is 23.9 Å². The summed E-state index contributed by atoms with van der Waals surface area (Å²) in [6.07, 6.45) is 2.44. The lowest BCUT2D eigenvalue weighted by Crippen LogP contribution is -2.27. The van der Waals surface area contributed by atoms with E-state index in [1.807, 2.05) is 23.9 Å². The van der Waals surface area contributed by atoms with Crippen LogP contribution in [-0.4, -0.2) is 22.0 Å². The maximum Gasteiger partial charge on any atom is 0.512 e. The van der Waals surface area contributed by atoms with E-state index in [0.717, 1.165) is 24.2 Å². The van der Waals surface area contributed by atoms with Gasteiger partial charge in [0.15, 0.2) is 0 Å². The van der Waals surface area contributed by atoms with Crippen molar-refractivity contribution in [2.45, 2.75) is 31.4 Å². The van der Waals surface area contributed by atoms with E-state index in [-0.39, 0.29) is 10.6 Å². The number of thioether (sulfide) groups is 1. The van der Waals surface area contributed by atoms with Crippen molar-refractivity contribution >= 4 is 17.9 Å². The average Bonchev–Trinajstić information content (AvgIpc) is 2.79. The summed E-state index contributed by atoms with van der Waals surface area (Å²) in [6, 6.07) is 3.77. The van der Waals surface area contributed by atoms with Gasteiger partial charge in [-0.1, -0.05) is 19.9 Å². The Bertz CT molecular complexity index is 442. The third-order valence-electron chi connectivity index (χ3n) is 3.40. The van der Waals surface area contributed by atoms with Crippen LogP contribution in [0.2, 0.25) is 0 Å². The van der Waals surface area contributed by atoms with E-state index in [4.69, 9.17) is 9.84 Å². The van der Waals surface area contributed by atoms with Crippen molar-refractivity contribution in [3.8, 4) is 5.88 Å². The highest BCUT2D eigenvalue weighted by atomic mass is 32.2. The van der Waals surface area contributed by atoms with Gasteiger partial charge in [0.2, 0.25) is 5.88 Å². The molecule has 0 amide bonds. The standard InChI is InChI=1S/C13H17NO3S/c1-9(2)13(6-4-8-18-13)10-5-3-7-14-11(10)17-12(15)16/h3,5,7,9H,4,6,8H2,1-2H3,(H,15,16)/t13-/m1/s1. The predicted molar refractivity (Wildman–Crippen MR) is 71.1 cm³/mol. The van der Waals surface area contributed by atoms with Crippen LogP contribution in [0, 0.1) is 5.92 Å². The van der Waals surface area contributed by atoms with Gasteiger partial charge >= 0.3 is 6.16 Å². The maximum absolute atomic E-state index is 10.7. The van der Waals surface area contributed by atoms with Gasteiger partial charge in [-0.05, 0) is 30.6 Å². The van der Waals surface area contributed by atoms with E-state index in [9.17, 15) is 4.79 Å². The molecule has 0 radical (unpaired) electrons. The highest BCUT2D eigenvalue weighted by Gasteiger charge is 2.42. The predicted octanol–water partition coefficient (Wildman–Crippen LogP) is 3.52. The molecule has 98 valence electrons. The van der Waals surface area contributed by atoms with E-state index in [2.05, 4.69) is 18.8 Å². The van der Waals surface area contributed by atoms with Gasteiger partial charge in [0.1, 0.15) is 0 Å². The van der Waals surface area contributed by atoms with Gasteiger partial charge < -0.3 is 9.84 Å². The Kier molecular flexibility index (Phi) is 3.80. The first-order chi connectivity index (χ1) is 8.56. The number of carbonyl (C=O) groups is 1. The third-order valence-corrected chi connectivity index (χ3v) is 5.30. The monoisotopic (exact) mass is 267 g/mol. The summed E-state index contributed by atoms with van der Waals surface area (Å²) < 4.78 is 4.75. The molecular formula is C13H17NO3S. The molecule has 1 N–H and O–H groups in total. The molecule has 18 heavy (non-hydrogen) atoms. The summed E-state index contributed by atoms with van der Waals surface area (Å²) in [4.78, 5) is 14.8. The van der Waals surface area contributed by atoms with Crippen molar-refractivity contribution in [1.82, 2.24) is 4.98 Å². The summed E-state index contributed by atoms with van der Waals surface area (Å²) in [5, 5.41) is 8.79. The number of hydrogen-bond acceptors (Lipinski definition) is 4. The van der Waals surface area contributed by atoms with Crippen LogP contribution in [0.1, 0.15) is 32.3 Å². The maximum atomic E-state index is 10.7. The molecule has 1 aromatic rings. The Morgan fingerprint density at radius 3 is 2.94 bits per heavy atom. The number of hydrogen-bond donors (Lipinski definition) is 1. The zero-order valence-corrected chi connectivity index (χ0v) is 11.4. The van der Waals surface area contributed by atoms with Gasteiger partial charge in [0.05, 0.1) is 0 Å². The molecular weight excluding hydrogens is 250 g/mol. The van der Waals surface area contributed by atoms with E-state index in [0.29, 0.717) is 5.92 Å². The Morgan fingerprint density at radius 1 is 1.61 bits per heavy atom. The number of pyridine rings is 1. The lowest BCUT2D eigenvalue weighted by molar-refractivity contribution is 0.141. The van der Waals surface area contributed by atoms with Gasteiger partial charge in [0, 0.05) is 16.5 Å². The van der Waals surface area contributed by atoms with Gasteiger partial charge in [-0.2, -0.15) is 0 Å². The molecule has 1 aromatic heterocycles. The highest BCUT2D eigenvalue weighted by molar-refractivity contribution is 8.00. The molecule has 0 saturated carbocycles. The quantitative estimate of drug-likeness (QED) is 0.849. The van der Waals surface area contributed by atoms with Crippen LogP contribution in [0.25, 0.3) is 0 Å². The Morgan fingerprint density at radius 2 is 2.39 bits per heavy atom. The molecule has 0 aromatic carbocycles. The van der Waals surface area contributed by atoms with Gasteiger partial charge in [-0.15, -0.1) is 11.8 Å². The molecule has 2 heterocycles. The second kappa shape index (κ2) is 5.18. The molecule has 0 bridgehead atoms. The minimum Gasteiger partial charge on any atom is -0.449 e. The number of aromatic nitrogens is 1. The second-order valence-electron chi connectivity index (χ2n) is 4.72. The average molecular weight is 267 g/mol. The first-order valence-corrected chi connectivity index (χ1v) is 7.05. The number of ether oxygens (including phenoxy) is 1. The fourth-order valence-corrected chi connectivity index (χ4v) is 4.10. The van der Waals surface area contributed by atoms with Crippen molar-refractivity contribution in [2.75, 3.05) is 5.75 Å². The lowest BCUT2D eigenvalue weighted by atomic mass is 9.84. The number of carboxylic acid groups (broad SMARTS) is 1. The third kappa shape index (κ3) is 2.32. The molecule has 1 saturated heterocycles. The van der Waals surface area contributed by atoms with Crippen LogP contribution in [0.5, 0.6) is 5.88 Å². The van der Waals surface area contributed by atoms with Crippen molar-refractivity contribution in [1.29, 1.82) is 0 Å². The van der Waals surface area contributed by atoms with Gasteiger partial charge in [0.25, 0.3) is 0 Å². The zero-order chi connectivity index (χ0) is 13.2. The van der Waals surface area contributed by atoms with Crippen LogP contribution >= 0.6 is 11.8 Å². The summed E-state index contributed by atoms with van der Waals surface area (Å²) in [7, 11) is 0. The van der Waals surface area contributed by atoms with Gasteiger partial charge in [-0.25, -0.2) is 9.78 Å². The SMILES string of the molecule is CC(C)[C@@]1(c2cccnc2OC(=O)O)CCCS1. The largest absolute Gasteiger partial charge is 0.512 e. The first kappa shape index (κ1) is 13.2. The lowest BCUT2D eigenvalue weighted by Gasteiger charge is -2.33. The number of rotatable bonds is 3. The molecule has 4 nitrogen and oxygen atoms in total. The Hall–Kier alpha value is -1.23. The van der Waals surface area contributed by atoms with Crippen molar-refractivity contribution in [3.63, 3.8) is 0 Å². The van der Waals surface area contributed by atoms with Gasteiger partial charge in [-0.3, -0.25) is 0 Å². The van der Waals surface area contributed by atoms with E-state index < -0.39 is 6.16 Å². The smallest absolute Gasteiger partial charge is 0.449 e. The molecule has 0 spiro atoms. The topological polar surface area (TPSA) is 59.4 Å². The summed E-state index contributed by atoms with van der Waals surface area (Å²) >= 11 is 1.88. The van der Waals surface area contributed by atoms with Crippen LogP contribution in [0.4, 0.5) is 4.79 Å². The van der Waals surface area contributed by atoms with Crippen molar-refractivity contribution in [2.24, 2.45) is 5.92 Å². The van der Waals surface area contributed by atoms with E-state index in [1.165, 1.54) is 0 Å². The second-order valence-corrected chi connectivity index (χ2v) is 6.15. The molecule has 0 unspecified atom stereocenters. The normalized spacial score (nSPS) is 23.3. The summed E-state index contributed by atoms with van der Waals surface area (Å²) in [6.45, 7) is 4.33. The molecule has 1 atom stereocenters. The molecule has 1 fully saturated rings. The first-order valence-electron chi connectivity index (χ1n) is 6.06. The fraction of sp³-hybridized carbons (Fsp3) is 0.538. The van der Waals surface area contributed by atoms with Crippen LogP contribution in [0.3, 0.4) is 0 Å². The van der Waals surface area contributed by atoms with Crippen LogP contribution in [-0.2, 0) is 4.75 Å². The molecule has 1 aliphatic rings. The van der Waals surface area contributed by atoms with Crippen molar-refractivity contribution < 1.29 is 14.6 Å². The minimum atomic E-state index is -1.31. The molecule has 0 aliphatic carbocycles. The zero-order valence-electron chi connectivity index (χ0n) is 10.5. The van der Waals surface area contributed by atoms with E-state index in [1.54, 1.807) is 6.20 Å². The summed E-state index contributed by atoms with van der Waals surface area (Å²) in [5.41, 5.74) is 0.907. The Balaban J connectivity index is 2.44. The van der Waals surface area contributed by atoms with E-state index >= 15 is 0 Å². The Labute approximate surface area is 111 Å². The van der Waals surface area contributed by atoms with Crippen LogP contribution in [0.15, 0.2) is 18.3 Å². The molecule has 5 heteroatoms. The summed E-state index contributed by atoms with van der Waals surface area (Å²) in [5.74, 6) is 1.73. The molecule has 1 aliphatic heterocycles. The highest BCUT2D eigenvalue weighted by Crippen LogP contribution is 2.53. The fourth-order valence-electron chi connectivity index (χ4n) is 2.52. The molecule has 2 rings (SSSR count). The minimum absolute atomic E-state index is 0.0704. The van der Waals surface area contributed by atoms with Crippen LogP contribution < -0.4 is 4.74 Å².